The number of amidine groups is 1. The second-order valence-corrected chi connectivity index (χ2v) is 11.6. The van der Waals surface area contributed by atoms with E-state index in [-0.39, 0.29) is 11.7 Å². The zero-order chi connectivity index (χ0) is 30.4. The van der Waals surface area contributed by atoms with Gasteiger partial charge in [-0.3, -0.25) is 4.79 Å². The molecule has 0 saturated carbocycles. The van der Waals surface area contributed by atoms with E-state index < -0.39 is 0 Å². The van der Waals surface area contributed by atoms with Crippen molar-refractivity contribution >= 4 is 40.5 Å². The molecule has 4 rings (SSSR count). The molecule has 0 atom stereocenters. The van der Waals surface area contributed by atoms with Crippen LogP contribution >= 0.6 is 11.3 Å². The third-order valence-electron chi connectivity index (χ3n) is 7.32. The van der Waals surface area contributed by atoms with E-state index in [1.165, 1.54) is 0 Å². The van der Waals surface area contributed by atoms with Crippen molar-refractivity contribution < 1.29 is 19.4 Å². The zero-order valence-electron chi connectivity index (χ0n) is 25.3. The predicted octanol–water partition coefficient (Wildman–Crippen LogP) is 6.99. The van der Waals surface area contributed by atoms with Crippen LogP contribution in [0.3, 0.4) is 0 Å². The number of nitrogens with two attached hydrogens (primary N) is 1. The van der Waals surface area contributed by atoms with Crippen LogP contribution in [0.5, 0.6) is 17.2 Å². The lowest BCUT2D eigenvalue weighted by Crippen LogP contribution is -2.48. The number of ether oxygens (including phenoxy) is 2. The summed E-state index contributed by atoms with van der Waals surface area (Å²) in [4.78, 5) is 22.7. The maximum absolute atomic E-state index is 13.1. The molecule has 3 N–H and O–H groups in total. The molecule has 0 spiro atoms. The lowest BCUT2D eigenvalue weighted by Gasteiger charge is -2.35. The van der Waals surface area contributed by atoms with Gasteiger partial charge in [-0.15, -0.1) is 11.3 Å². The first-order chi connectivity index (χ1) is 21.0. The molecule has 230 valence electrons. The molecule has 0 radical (unpaired) electrons. The van der Waals surface area contributed by atoms with Gasteiger partial charge >= 0.3 is 0 Å². The van der Waals surface area contributed by atoms with E-state index in [4.69, 9.17) is 15.2 Å². The number of piperazine rings is 1. The van der Waals surface area contributed by atoms with Crippen LogP contribution in [0.1, 0.15) is 62.8 Å². The number of thiophene rings is 1. The molecule has 9 heteroatoms. The van der Waals surface area contributed by atoms with Gasteiger partial charge in [0.2, 0.25) is 11.7 Å². The number of aliphatic imine (C=N–C) groups is 1. The van der Waals surface area contributed by atoms with Gasteiger partial charge in [0.1, 0.15) is 5.84 Å². The maximum Gasteiger partial charge on any atom is 0.246 e. The van der Waals surface area contributed by atoms with Crippen LogP contribution in [0, 0.1) is 0 Å². The minimum Gasteiger partial charge on any atom is -0.502 e. The van der Waals surface area contributed by atoms with Crippen LogP contribution in [0.2, 0.25) is 0 Å². The summed E-state index contributed by atoms with van der Waals surface area (Å²) in [6.45, 7) is 8.05. The van der Waals surface area contributed by atoms with Crippen molar-refractivity contribution in [2.45, 2.75) is 52.4 Å². The third kappa shape index (κ3) is 9.51. The van der Waals surface area contributed by atoms with Gasteiger partial charge in [0.05, 0.1) is 23.8 Å². The van der Waals surface area contributed by atoms with E-state index in [0.717, 1.165) is 73.4 Å². The number of phenolic OH excluding ortho intramolecular Hbond substituents is 1. The molecule has 2 heterocycles. The number of benzene rings is 2. The Hall–Kier alpha value is -3.98. The second kappa shape index (κ2) is 16.6. The average Bonchev–Trinajstić information content (AvgIpc) is 3.58. The lowest BCUT2D eigenvalue weighted by molar-refractivity contribution is -0.126. The van der Waals surface area contributed by atoms with Crippen molar-refractivity contribution in [3.63, 3.8) is 0 Å². The fraction of sp³-hybridized carbons (Fsp3) is 0.412. The summed E-state index contributed by atoms with van der Waals surface area (Å²) >= 11 is 1.57. The number of hydrogen-bond acceptors (Lipinski definition) is 7. The van der Waals surface area contributed by atoms with Gasteiger partial charge in [0.25, 0.3) is 0 Å². The molecule has 8 nitrogen and oxygen atoms in total. The number of rotatable bonds is 15. The minimum absolute atomic E-state index is 0.0124. The molecular weight excluding hydrogens is 560 g/mol. The van der Waals surface area contributed by atoms with Crippen LogP contribution in [-0.2, 0) is 4.79 Å². The standard InChI is InChI=1S/C34H44N4O4S/c1-3-5-7-21-41-29-24-26(25-30(33(29)40)42-22-8-6-4-2)11-16-32(39)38-19-17-37(18-20-38)28-14-12-27(13-15-28)36-34(35)31-10-9-23-43-31/h9-16,23-25,40H,3-8,17-22H2,1-2H3,(H2,35,36). The highest BCUT2D eigenvalue weighted by atomic mass is 32.1. The molecule has 1 saturated heterocycles. The molecule has 1 aliphatic heterocycles. The molecule has 2 aromatic carbocycles. The molecule has 0 bridgehead atoms. The van der Waals surface area contributed by atoms with Gasteiger partial charge < -0.3 is 30.1 Å². The summed E-state index contributed by atoms with van der Waals surface area (Å²) in [5, 5.41) is 12.7. The molecule has 1 aromatic heterocycles. The minimum atomic E-state index is -0.0442. The summed E-state index contributed by atoms with van der Waals surface area (Å²) in [5.41, 5.74) is 8.78. The highest BCUT2D eigenvalue weighted by Crippen LogP contribution is 2.38. The van der Waals surface area contributed by atoms with Crippen LogP contribution in [-0.4, -0.2) is 61.1 Å². The highest BCUT2D eigenvalue weighted by molar-refractivity contribution is 7.12. The van der Waals surface area contributed by atoms with E-state index in [0.29, 0.717) is 43.6 Å². The van der Waals surface area contributed by atoms with Crippen LogP contribution in [0.15, 0.2) is 65.0 Å². The number of phenols is 1. The number of unbranched alkanes of at least 4 members (excludes halogenated alkanes) is 4. The number of carbonyl (C=O) groups is 1. The normalized spacial score (nSPS) is 14.0. The quantitative estimate of drug-likeness (QED) is 0.0839. The Labute approximate surface area is 259 Å². The van der Waals surface area contributed by atoms with Crippen molar-refractivity contribution in [3.8, 4) is 17.2 Å². The first-order valence-corrected chi connectivity index (χ1v) is 16.2. The maximum atomic E-state index is 13.1. The van der Waals surface area contributed by atoms with Crippen molar-refractivity contribution in [3.05, 3.63) is 70.4 Å². The van der Waals surface area contributed by atoms with Gasteiger partial charge in [-0.05, 0) is 72.3 Å². The van der Waals surface area contributed by atoms with E-state index >= 15 is 0 Å². The summed E-state index contributed by atoms with van der Waals surface area (Å²) < 4.78 is 11.8. The fourth-order valence-corrected chi connectivity index (χ4v) is 5.43. The van der Waals surface area contributed by atoms with Crippen molar-refractivity contribution in [2.75, 3.05) is 44.3 Å². The van der Waals surface area contributed by atoms with E-state index in [9.17, 15) is 9.90 Å². The summed E-state index contributed by atoms with van der Waals surface area (Å²) in [6, 6.07) is 15.5. The molecule has 0 aliphatic carbocycles. The predicted molar refractivity (Wildman–Crippen MR) is 177 cm³/mol. The summed E-state index contributed by atoms with van der Waals surface area (Å²) in [5.74, 6) is 1.25. The number of nitrogens with zero attached hydrogens (tertiary/aromatic N) is 3. The van der Waals surface area contributed by atoms with E-state index in [1.54, 1.807) is 35.6 Å². The topological polar surface area (TPSA) is 101 Å². The largest absolute Gasteiger partial charge is 0.502 e. The number of hydrogen-bond donors (Lipinski definition) is 2. The molecule has 1 aliphatic rings. The Morgan fingerprint density at radius 1 is 0.953 bits per heavy atom. The van der Waals surface area contributed by atoms with Gasteiger partial charge in [-0.25, -0.2) is 4.99 Å². The second-order valence-electron chi connectivity index (χ2n) is 10.6. The summed E-state index contributed by atoms with van der Waals surface area (Å²) in [7, 11) is 0. The Bertz CT molecular complexity index is 1310. The van der Waals surface area contributed by atoms with Crippen molar-refractivity contribution in [1.29, 1.82) is 0 Å². The van der Waals surface area contributed by atoms with E-state index in [1.807, 2.05) is 46.7 Å². The number of anilines is 1. The molecule has 1 fully saturated rings. The van der Waals surface area contributed by atoms with Crippen LogP contribution < -0.4 is 20.1 Å². The first kappa shape index (κ1) is 31.9. The van der Waals surface area contributed by atoms with Crippen LogP contribution in [0.25, 0.3) is 6.08 Å². The SMILES string of the molecule is CCCCCOc1cc(C=CC(=O)N2CCN(c3ccc(N=C(N)c4cccs4)cc3)CC2)cc(OCCCCC)c1O. The van der Waals surface area contributed by atoms with Crippen molar-refractivity contribution in [2.24, 2.45) is 10.7 Å². The monoisotopic (exact) mass is 604 g/mol. The Morgan fingerprint density at radius 2 is 1.58 bits per heavy atom. The Morgan fingerprint density at radius 3 is 2.14 bits per heavy atom. The Kier molecular flexibility index (Phi) is 12.3. The molecule has 3 aromatic rings. The smallest absolute Gasteiger partial charge is 0.246 e. The van der Waals surface area contributed by atoms with Crippen LogP contribution in [0.4, 0.5) is 11.4 Å². The first-order valence-electron chi connectivity index (χ1n) is 15.3. The summed E-state index contributed by atoms with van der Waals surface area (Å²) in [6.07, 6.45) is 9.49. The zero-order valence-corrected chi connectivity index (χ0v) is 26.2. The van der Waals surface area contributed by atoms with Gasteiger partial charge in [-0.2, -0.15) is 0 Å². The van der Waals surface area contributed by atoms with Crippen molar-refractivity contribution in [1.82, 2.24) is 4.90 Å². The lowest BCUT2D eigenvalue weighted by atomic mass is 10.1. The molecular formula is C34H44N4O4S. The average molecular weight is 605 g/mol. The van der Waals surface area contributed by atoms with Gasteiger partial charge in [-0.1, -0.05) is 45.6 Å². The van der Waals surface area contributed by atoms with Gasteiger partial charge in [0, 0.05) is 37.9 Å². The fourth-order valence-electron chi connectivity index (χ4n) is 4.80. The van der Waals surface area contributed by atoms with E-state index in [2.05, 4.69) is 23.7 Å². The number of carbonyl (C=O) groups excluding carboxylic acids is 1. The highest BCUT2D eigenvalue weighted by Gasteiger charge is 2.20. The Balaban J connectivity index is 1.34. The molecule has 0 unspecified atom stereocenters. The number of aromatic hydroxyl groups is 1. The third-order valence-corrected chi connectivity index (χ3v) is 8.21. The number of amides is 1. The molecule has 43 heavy (non-hydrogen) atoms. The van der Waals surface area contributed by atoms with Gasteiger partial charge in [0.15, 0.2) is 11.5 Å². The molecule has 1 amide bonds.